The van der Waals surface area contributed by atoms with Crippen molar-refractivity contribution in [3.8, 4) is 0 Å². The van der Waals surface area contributed by atoms with Crippen molar-refractivity contribution in [2.45, 2.75) is 45.4 Å². The molecule has 0 saturated heterocycles. The van der Waals surface area contributed by atoms with Crippen LogP contribution in [0.1, 0.15) is 32.8 Å². The molecule has 1 atom stereocenters. The molecular formula is C13H22N2O. The van der Waals surface area contributed by atoms with Crippen LogP contribution >= 0.6 is 0 Å². The lowest BCUT2D eigenvalue weighted by Gasteiger charge is -2.27. The number of nitrogens with one attached hydrogen (secondary N) is 1. The smallest absolute Gasteiger partial charge is 0.0637 e. The monoisotopic (exact) mass is 222 g/mol. The van der Waals surface area contributed by atoms with E-state index in [1.165, 1.54) is 5.56 Å². The second-order valence-corrected chi connectivity index (χ2v) is 4.81. The number of hydrogen-bond acceptors (Lipinski definition) is 3. The van der Waals surface area contributed by atoms with E-state index in [-0.39, 0.29) is 5.60 Å². The van der Waals surface area contributed by atoms with Gasteiger partial charge in [0.25, 0.3) is 0 Å². The molecule has 90 valence electrons. The molecule has 0 aliphatic heterocycles. The first-order chi connectivity index (χ1) is 7.53. The number of rotatable bonds is 6. The highest BCUT2D eigenvalue weighted by Crippen LogP contribution is 2.15. The highest BCUT2D eigenvalue weighted by atomic mass is 16.5. The molecule has 3 nitrogen and oxygen atoms in total. The first-order valence-corrected chi connectivity index (χ1v) is 5.71. The summed E-state index contributed by atoms with van der Waals surface area (Å²) >= 11 is 0. The van der Waals surface area contributed by atoms with Crippen molar-refractivity contribution in [1.29, 1.82) is 0 Å². The fourth-order valence-corrected chi connectivity index (χ4v) is 1.69. The Kier molecular flexibility index (Phi) is 4.90. The molecule has 1 N–H and O–H groups in total. The molecule has 0 aliphatic rings. The van der Waals surface area contributed by atoms with Gasteiger partial charge in [-0.05, 0) is 44.9 Å². The van der Waals surface area contributed by atoms with Gasteiger partial charge in [0, 0.05) is 32.1 Å². The standard InChI is InChI=1S/C13H22N2O/c1-11(9-13(2,3)16-4)15-10-12-5-7-14-8-6-12/h5-8,11,15H,9-10H2,1-4H3. The van der Waals surface area contributed by atoms with E-state index < -0.39 is 0 Å². The maximum absolute atomic E-state index is 5.41. The van der Waals surface area contributed by atoms with Crippen LogP contribution in [-0.4, -0.2) is 23.7 Å². The van der Waals surface area contributed by atoms with Gasteiger partial charge in [0.2, 0.25) is 0 Å². The summed E-state index contributed by atoms with van der Waals surface area (Å²) < 4.78 is 5.41. The molecule has 1 unspecified atom stereocenters. The van der Waals surface area contributed by atoms with Crippen LogP contribution in [0.2, 0.25) is 0 Å². The predicted molar refractivity (Wildman–Crippen MR) is 66.2 cm³/mol. The maximum Gasteiger partial charge on any atom is 0.0637 e. The minimum atomic E-state index is -0.0648. The molecular weight excluding hydrogens is 200 g/mol. The Balaban J connectivity index is 2.33. The van der Waals surface area contributed by atoms with E-state index in [4.69, 9.17) is 4.74 Å². The van der Waals surface area contributed by atoms with Crippen molar-refractivity contribution in [1.82, 2.24) is 10.3 Å². The van der Waals surface area contributed by atoms with Crippen LogP contribution in [0.15, 0.2) is 24.5 Å². The molecule has 0 aromatic carbocycles. The molecule has 1 aromatic heterocycles. The van der Waals surface area contributed by atoms with E-state index in [9.17, 15) is 0 Å². The van der Waals surface area contributed by atoms with Crippen LogP contribution in [-0.2, 0) is 11.3 Å². The van der Waals surface area contributed by atoms with Crippen molar-refractivity contribution in [2.75, 3.05) is 7.11 Å². The van der Waals surface area contributed by atoms with Crippen molar-refractivity contribution in [3.05, 3.63) is 30.1 Å². The second-order valence-electron chi connectivity index (χ2n) is 4.81. The fourth-order valence-electron chi connectivity index (χ4n) is 1.69. The summed E-state index contributed by atoms with van der Waals surface area (Å²) in [5, 5.41) is 3.48. The lowest BCUT2D eigenvalue weighted by Crippen LogP contribution is -2.35. The molecule has 3 heteroatoms. The Labute approximate surface area is 98.2 Å². The molecule has 16 heavy (non-hydrogen) atoms. The fraction of sp³-hybridized carbons (Fsp3) is 0.615. The van der Waals surface area contributed by atoms with Crippen molar-refractivity contribution >= 4 is 0 Å². The Morgan fingerprint density at radius 2 is 2.00 bits per heavy atom. The highest BCUT2D eigenvalue weighted by Gasteiger charge is 2.19. The number of pyridine rings is 1. The molecule has 0 radical (unpaired) electrons. The van der Waals surface area contributed by atoms with Gasteiger partial charge in [-0.15, -0.1) is 0 Å². The molecule has 1 aromatic rings. The Morgan fingerprint density at radius 3 is 2.56 bits per heavy atom. The summed E-state index contributed by atoms with van der Waals surface area (Å²) in [4.78, 5) is 4.00. The molecule has 0 amide bonds. The van der Waals surface area contributed by atoms with E-state index in [2.05, 4.69) is 31.1 Å². The van der Waals surface area contributed by atoms with Gasteiger partial charge in [-0.3, -0.25) is 4.98 Å². The quantitative estimate of drug-likeness (QED) is 0.802. The number of nitrogens with zero attached hydrogens (tertiary/aromatic N) is 1. The van der Waals surface area contributed by atoms with Gasteiger partial charge < -0.3 is 10.1 Å². The van der Waals surface area contributed by atoms with Gasteiger partial charge in [0.15, 0.2) is 0 Å². The average Bonchev–Trinajstić information content (AvgIpc) is 2.27. The molecule has 0 aliphatic carbocycles. The van der Waals surface area contributed by atoms with Crippen molar-refractivity contribution < 1.29 is 4.74 Å². The predicted octanol–water partition coefficient (Wildman–Crippen LogP) is 2.37. The van der Waals surface area contributed by atoms with E-state index in [0.29, 0.717) is 6.04 Å². The zero-order valence-corrected chi connectivity index (χ0v) is 10.7. The van der Waals surface area contributed by atoms with E-state index in [0.717, 1.165) is 13.0 Å². The topological polar surface area (TPSA) is 34.1 Å². The highest BCUT2D eigenvalue weighted by molar-refractivity contribution is 5.09. The molecule has 1 heterocycles. The van der Waals surface area contributed by atoms with Gasteiger partial charge in [0.1, 0.15) is 0 Å². The molecule has 0 spiro atoms. The van der Waals surface area contributed by atoms with Crippen LogP contribution < -0.4 is 5.32 Å². The second kappa shape index (κ2) is 5.97. The minimum Gasteiger partial charge on any atom is -0.379 e. The first kappa shape index (κ1) is 13.1. The summed E-state index contributed by atoms with van der Waals surface area (Å²) in [6.07, 6.45) is 4.64. The zero-order chi connectivity index (χ0) is 12.0. The van der Waals surface area contributed by atoms with E-state index >= 15 is 0 Å². The zero-order valence-electron chi connectivity index (χ0n) is 10.7. The summed E-state index contributed by atoms with van der Waals surface area (Å²) in [6, 6.07) is 4.49. The van der Waals surface area contributed by atoms with Crippen molar-refractivity contribution in [2.24, 2.45) is 0 Å². The average molecular weight is 222 g/mol. The van der Waals surface area contributed by atoms with Gasteiger partial charge in [-0.1, -0.05) is 0 Å². The van der Waals surface area contributed by atoms with E-state index in [1.807, 2.05) is 24.5 Å². The minimum absolute atomic E-state index is 0.0648. The third-order valence-corrected chi connectivity index (χ3v) is 2.75. The summed E-state index contributed by atoms with van der Waals surface area (Å²) in [5.74, 6) is 0. The molecule has 0 fully saturated rings. The van der Waals surface area contributed by atoms with Crippen LogP contribution in [0.3, 0.4) is 0 Å². The molecule has 0 bridgehead atoms. The first-order valence-electron chi connectivity index (χ1n) is 5.71. The lowest BCUT2D eigenvalue weighted by atomic mass is 10.00. The number of hydrogen-bond donors (Lipinski definition) is 1. The van der Waals surface area contributed by atoms with Gasteiger partial charge in [0.05, 0.1) is 5.60 Å². The third kappa shape index (κ3) is 4.73. The normalized spacial score (nSPS) is 13.8. The van der Waals surface area contributed by atoms with E-state index in [1.54, 1.807) is 7.11 Å². The molecule has 1 rings (SSSR count). The van der Waals surface area contributed by atoms with Gasteiger partial charge in [-0.2, -0.15) is 0 Å². The Hall–Kier alpha value is -0.930. The summed E-state index contributed by atoms with van der Waals surface area (Å²) in [5.41, 5.74) is 1.20. The molecule has 0 saturated carbocycles. The van der Waals surface area contributed by atoms with Crippen LogP contribution in [0, 0.1) is 0 Å². The maximum atomic E-state index is 5.41. The van der Waals surface area contributed by atoms with Crippen molar-refractivity contribution in [3.63, 3.8) is 0 Å². The van der Waals surface area contributed by atoms with Gasteiger partial charge >= 0.3 is 0 Å². The SMILES string of the molecule is COC(C)(C)CC(C)NCc1ccncc1. The van der Waals surface area contributed by atoms with Crippen LogP contribution in [0.5, 0.6) is 0 Å². The largest absolute Gasteiger partial charge is 0.379 e. The summed E-state index contributed by atoms with van der Waals surface area (Å²) in [7, 11) is 1.76. The Morgan fingerprint density at radius 1 is 1.38 bits per heavy atom. The lowest BCUT2D eigenvalue weighted by molar-refractivity contribution is 0.00844. The number of aromatic nitrogens is 1. The Bertz CT molecular complexity index is 298. The van der Waals surface area contributed by atoms with Gasteiger partial charge in [-0.25, -0.2) is 0 Å². The number of ether oxygens (including phenoxy) is 1. The van der Waals surface area contributed by atoms with Crippen LogP contribution in [0.4, 0.5) is 0 Å². The third-order valence-electron chi connectivity index (χ3n) is 2.75. The van der Waals surface area contributed by atoms with Crippen LogP contribution in [0.25, 0.3) is 0 Å². The summed E-state index contributed by atoms with van der Waals surface area (Å²) in [6.45, 7) is 7.28. The number of methoxy groups -OCH3 is 1.